The molecule has 1 saturated heterocycles. The summed E-state index contributed by atoms with van der Waals surface area (Å²) < 4.78 is 30.4. The van der Waals surface area contributed by atoms with E-state index in [4.69, 9.17) is 19.7 Å². The Kier molecular flexibility index (Phi) is 13.9. The van der Waals surface area contributed by atoms with Crippen molar-refractivity contribution < 1.29 is 33.4 Å². The van der Waals surface area contributed by atoms with Crippen molar-refractivity contribution in [2.75, 3.05) is 46.0 Å². The second-order valence-electron chi connectivity index (χ2n) is 10.1. The highest BCUT2D eigenvalue weighted by atomic mass is 31.2. The van der Waals surface area contributed by atoms with Crippen LogP contribution in [0.15, 0.2) is 28.0 Å². The number of hydrogen-bond acceptors (Lipinski definition) is 13. The van der Waals surface area contributed by atoms with Crippen molar-refractivity contribution in [3.63, 3.8) is 0 Å². The van der Waals surface area contributed by atoms with Gasteiger partial charge in [0.15, 0.2) is 6.23 Å². The standard InChI is InChI=1S/C24H42N9O9P/c1-43(38,39)42-21-18(41-22(20(21)35)33-13-6-19(34)29-23(33)36)16-40-24(37)28-14-17-15-32(31-30-17)12-5-11-27-9-3-2-8-26-10-4-7-25/h6,13,15,18,20-22,26-27,35H,2-5,7-12,14,16,25H2,1H3,(H,28,37)(H,38,39)(H,29,34,36)/t18-,20+,21?,22-/m1/s1. The summed E-state index contributed by atoms with van der Waals surface area (Å²) in [6.07, 6.45) is 0.387. The number of ether oxygens (including phenoxy) is 2. The highest BCUT2D eigenvalue weighted by molar-refractivity contribution is 7.51. The first-order valence-corrected chi connectivity index (χ1v) is 16.1. The molecule has 2 aromatic heterocycles. The SMILES string of the molecule is CP(=O)(O)OC1[C@@H](COC(=O)NCc2cn(CCCNCCCCNCCCN)nn2)O[C@@H](n2ccc(=O)[nH]c2=O)[C@H]1O. The van der Waals surface area contributed by atoms with Gasteiger partial charge in [0, 0.05) is 25.5 Å². The molecule has 0 bridgehead atoms. The van der Waals surface area contributed by atoms with Crippen molar-refractivity contribution >= 4 is 13.7 Å². The maximum atomic E-state index is 12.3. The van der Waals surface area contributed by atoms with Crippen molar-refractivity contribution in [2.24, 2.45) is 5.73 Å². The van der Waals surface area contributed by atoms with Crippen molar-refractivity contribution in [3.05, 3.63) is 45.0 Å². The molecule has 1 fully saturated rings. The summed E-state index contributed by atoms with van der Waals surface area (Å²) in [6, 6.07) is 1.04. The van der Waals surface area contributed by atoms with Gasteiger partial charge in [0.05, 0.1) is 12.7 Å². The van der Waals surface area contributed by atoms with Gasteiger partial charge in [-0.15, -0.1) is 5.10 Å². The Morgan fingerprint density at radius 2 is 1.88 bits per heavy atom. The van der Waals surface area contributed by atoms with Crippen LogP contribution < -0.4 is 32.9 Å². The van der Waals surface area contributed by atoms with Gasteiger partial charge in [-0.3, -0.25) is 28.1 Å². The van der Waals surface area contributed by atoms with E-state index in [1.54, 1.807) is 10.9 Å². The number of aliphatic hydroxyl groups excluding tert-OH is 1. The summed E-state index contributed by atoms with van der Waals surface area (Å²) in [5.74, 6) is 0. The lowest BCUT2D eigenvalue weighted by Crippen LogP contribution is -2.39. The average molecular weight is 632 g/mol. The van der Waals surface area contributed by atoms with Crippen LogP contribution in [0.3, 0.4) is 0 Å². The monoisotopic (exact) mass is 631 g/mol. The number of nitrogens with two attached hydrogens (primary N) is 1. The van der Waals surface area contributed by atoms with Crippen molar-refractivity contribution in [2.45, 2.75) is 63.3 Å². The molecule has 0 saturated carbocycles. The van der Waals surface area contributed by atoms with Gasteiger partial charge in [-0.25, -0.2) is 9.59 Å². The van der Waals surface area contributed by atoms with Gasteiger partial charge in [-0.05, 0) is 58.4 Å². The Bertz CT molecular complexity index is 1300. The number of aromatic amines is 1. The van der Waals surface area contributed by atoms with Crippen LogP contribution in [0, 0.1) is 0 Å². The zero-order valence-electron chi connectivity index (χ0n) is 24.1. The van der Waals surface area contributed by atoms with E-state index < -0.39 is 56.1 Å². The molecule has 0 aromatic carbocycles. The number of nitrogens with zero attached hydrogens (tertiary/aromatic N) is 4. The third-order valence-corrected chi connectivity index (χ3v) is 7.02. The molecule has 2 aromatic rings. The zero-order valence-corrected chi connectivity index (χ0v) is 25.0. The Hall–Kier alpha value is -2.96. The van der Waals surface area contributed by atoms with E-state index in [1.165, 1.54) is 0 Å². The number of nitrogens with one attached hydrogen (secondary N) is 4. The van der Waals surface area contributed by atoms with Gasteiger partial charge in [-0.1, -0.05) is 5.21 Å². The van der Waals surface area contributed by atoms with Gasteiger partial charge in [0.2, 0.25) is 0 Å². The fourth-order valence-corrected chi connectivity index (χ4v) is 5.02. The van der Waals surface area contributed by atoms with Gasteiger partial charge in [-0.2, -0.15) is 0 Å². The molecule has 3 rings (SSSR count). The first-order chi connectivity index (χ1) is 20.6. The summed E-state index contributed by atoms with van der Waals surface area (Å²) in [6.45, 7) is 5.55. The van der Waals surface area contributed by atoms with Crippen LogP contribution in [-0.4, -0.2) is 105 Å². The molecule has 5 atom stereocenters. The number of hydrogen-bond donors (Lipinski definition) is 7. The second kappa shape index (κ2) is 17.4. The van der Waals surface area contributed by atoms with Crippen LogP contribution >= 0.6 is 7.60 Å². The topological polar surface area (TPSA) is 250 Å². The fourth-order valence-electron chi connectivity index (χ4n) is 4.31. The molecule has 1 aliphatic heterocycles. The van der Waals surface area contributed by atoms with Crippen LogP contribution in [0.25, 0.3) is 0 Å². The number of unbranched alkanes of at least 4 members (excludes halogenated alkanes) is 1. The minimum atomic E-state index is -4.12. The summed E-state index contributed by atoms with van der Waals surface area (Å²) in [5.41, 5.74) is 4.43. The van der Waals surface area contributed by atoms with Gasteiger partial charge in [0.25, 0.3) is 5.56 Å². The van der Waals surface area contributed by atoms with E-state index in [0.29, 0.717) is 18.8 Å². The van der Waals surface area contributed by atoms with Crippen LogP contribution in [0.4, 0.5) is 4.79 Å². The van der Waals surface area contributed by atoms with E-state index in [9.17, 15) is 28.9 Å². The number of aromatic nitrogens is 5. The number of aryl methyl sites for hydroxylation is 1. The van der Waals surface area contributed by atoms with E-state index in [2.05, 4.69) is 26.3 Å². The van der Waals surface area contributed by atoms with Crippen molar-refractivity contribution in [3.8, 4) is 0 Å². The van der Waals surface area contributed by atoms with Crippen LogP contribution in [0.1, 0.15) is 37.6 Å². The number of aliphatic hydroxyl groups is 1. The van der Waals surface area contributed by atoms with Crippen molar-refractivity contribution in [1.29, 1.82) is 0 Å². The van der Waals surface area contributed by atoms with Crippen LogP contribution in [-0.2, 0) is 31.7 Å². The smallest absolute Gasteiger partial charge is 0.407 e. The minimum absolute atomic E-state index is 0.0284. The number of amides is 1. The maximum Gasteiger partial charge on any atom is 0.407 e. The molecule has 0 spiro atoms. The van der Waals surface area contributed by atoms with Gasteiger partial charge in [0.1, 0.15) is 30.6 Å². The molecular weight excluding hydrogens is 589 g/mol. The predicted molar refractivity (Wildman–Crippen MR) is 153 cm³/mol. The lowest BCUT2D eigenvalue weighted by molar-refractivity contribution is -0.0565. The molecule has 43 heavy (non-hydrogen) atoms. The normalized spacial score (nSPS) is 21.5. The molecule has 1 amide bonds. The highest BCUT2D eigenvalue weighted by Crippen LogP contribution is 2.44. The number of carbonyl (C=O) groups is 1. The molecule has 1 aliphatic rings. The largest absolute Gasteiger partial charge is 0.447 e. The summed E-state index contributed by atoms with van der Waals surface area (Å²) in [4.78, 5) is 47.6. The maximum absolute atomic E-state index is 12.3. The van der Waals surface area contributed by atoms with Gasteiger partial charge < -0.3 is 41.2 Å². The molecule has 8 N–H and O–H groups in total. The Balaban J connectivity index is 1.38. The fraction of sp³-hybridized carbons (Fsp3) is 0.708. The molecule has 242 valence electrons. The molecule has 0 radical (unpaired) electrons. The summed E-state index contributed by atoms with van der Waals surface area (Å²) >= 11 is 0. The number of rotatable bonds is 19. The van der Waals surface area contributed by atoms with Crippen LogP contribution in [0.5, 0.6) is 0 Å². The first-order valence-electron chi connectivity index (χ1n) is 14.1. The molecule has 0 aliphatic carbocycles. The highest BCUT2D eigenvalue weighted by Gasteiger charge is 2.48. The lowest BCUT2D eigenvalue weighted by atomic mass is 10.1. The molecule has 2 unspecified atom stereocenters. The van der Waals surface area contributed by atoms with Gasteiger partial charge >= 0.3 is 19.4 Å². The van der Waals surface area contributed by atoms with E-state index in [0.717, 1.165) is 75.4 Å². The summed E-state index contributed by atoms with van der Waals surface area (Å²) in [7, 11) is -4.12. The second-order valence-corrected chi connectivity index (χ2v) is 11.9. The Morgan fingerprint density at radius 3 is 2.56 bits per heavy atom. The quantitative estimate of drug-likeness (QED) is 0.0668. The minimum Gasteiger partial charge on any atom is -0.447 e. The lowest BCUT2D eigenvalue weighted by Gasteiger charge is -2.21. The van der Waals surface area contributed by atoms with Crippen molar-refractivity contribution in [1.82, 2.24) is 40.5 Å². The zero-order chi connectivity index (χ0) is 31.2. The summed E-state index contributed by atoms with van der Waals surface area (Å²) in [5, 5.41) is 28.0. The third-order valence-electron chi connectivity index (χ3n) is 6.39. The first kappa shape index (κ1) is 34.5. The van der Waals surface area contributed by atoms with E-state index in [1.807, 2.05) is 4.98 Å². The van der Waals surface area contributed by atoms with Crippen LogP contribution in [0.2, 0.25) is 0 Å². The molecular formula is C24H42N9O9P. The Morgan fingerprint density at radius 1 is 1.19 bits per heavy atom. The Labute approximate surface area is 247 Å². The average Bonchev–Trinajstić information content (AvgIpc) is 3.52. The molecule has 18 nitrogen and oxygen atoms in total. The van der Waals surface area contributed by atoms with E-state index in [-0.39, 0.29) is 6.54 Å². The third kappa shape index (κ3) is 11.9. The number of carbonyl (C=O) groups excluding carboxylic acids is 1. The number of H-pyrrole nitrogens is 1. The van der Waals surface area contributed by atoms with E-state index >= 15 is 0 Å². The predicted octanol–water partition coefficient (Wildman–Crippen LogP) is -1.79. The molecule has 3 heterocycles. The number of alkyl carbamates (subject to hydrolysis) is 1. The molecule has 19 heteroatoms.